The maximum atomic E-state index is 6.26. The van der Waals surface area contributed by atoms with E-state index in [-0.39, 0.29) is 30.9 Å². The molecule has 0 saturated carbocycles. The number of piperazine rings is 1. The smallest absolute Gasteiger partial charge is 0.135 e. The second-order valence-electron chi connectivity index (χ2n) is 4.68. The van der Waals surface area contributed by atoms with Gasteiger partial charge in [-0.05, 0) is 18.9 Å². The molecule has 21 heavy (non-hydrogen) atoms. The number of nitrogens with zero attached hydrogens (tertiary/aromatic N) is 2. The molecule has 120 valence electrons. The summed E-state index contributed by atoms with van der Waals surface area (Å²) in [5.74, 6) is 0. The molecule has 0 aliphatic carbocycles. The third kappa shape index (κ3) is 5.93. The highest BCUT2D eigenvalue weighted by molar-refractivity contribution is 6.32. The van der Waals surface area contributed by atoms with Gasteiger partial charge in [-0.3, -0.25) is 4.90 Å². The maximum Gasteiger partial charge on any atom is 0.135 e. The lowest BCUT2D eigenvalue weighted by Crippen LogP contribution is -2.45. The molecule has 1 aliphatic rings. The summed E-state index contributed by atoms with van der Waals surface area (Å²) in [7, 11) is 0. The van der Waals surface area contributed by atoms with Crippen LogP contribution in [0.5, 0.6) is 0 Å². The minimum absolute atomic E-state index is 0. The number of hydrogen-bond donors (Lipinski definition) is 1. The van der Waals surface area contributed by atoms with Crippen LogP contribution < -0.4 is 5.32 Å². The molecule has 7 heteroatoms. The second-order valence-corrected chi connectivity index (χ2v) is 5.43. The van der Waals surface area contributed by atoms with Crippen LogP contribution in [0.2, 0.25) is 10.3 Å². The van der Waals surface area contributed by atoms with Gasteiger partial charge in [0.15, 0.2) is 0 Å². The molecule has 1 N–H and O–H groups in total. The number of halogens is 4. The first-order valence-corrected chi connectivity index (χ1v) is 7.35. The number of nitrogens with one attached hydrogen (secondary N) is 1. The maximum absolute atomic E-state index is 6.26. The first kappa shape index (κ1) is 21.0. The van der Waals surface area contributed by atoms with Gasteiger partial charge >= 0.3 is 0 Å². The third-order valence-electron chi connectivity index (χ3n) is 3.44. The van der Waals surface area contributed by atoms with Crippen molar-refractivity contribution >= 4 is 48.0 Å². The largest absolute Gasteiger partial charge is 0.314 e. The average molecular weight is 373 g/mol. The normalized spacial score (nSPS) is 16.5. The van der Waals surface area contributed by atoms with Gasteiger partial charge < -0.3 is 5.32 Å². The molecular weight excluding hydrogens is 352 g/mol. The summed E-state index contributed by atoms with van der Waals surface area (Å²) < 4.78 is 0. The lowest BCUT2D eigenvalue weighted by Gasteiger charge is -2.35. The monoisotopic (exact) mass is 371 g/mol. The zero-order valence-electron chi connectivity index (χ0n) is 11.7. The molecule has 1 saturated heterocycles. The van der Waals surface area contributed by atoms with Crippen LogP contribution in [0.25, 0.3) is 0 Å². The first-order valence-electron chi connectivity index (χ1n) is 6.60. The van der Waals surface area contributed by atoms with Crippen molar-refractivity contribution in [1.29, 1.82) is 0 Å². The molecule has 2 heterocycles. The van der Waals surface area contributed by atoms with Gasteiger partial charge in [-0.2, -0.15) is 0 Å². The minimum atomic E-state index is 0. The summed E-state index contributed by atoms with van der Waals surface area (Å²) in [4.78, 5) is 6.62. The molecule has 0 radical (unpaired) electrons. The summed E-state index contributed by atoms with van der Waals surface area (Å²) in [6.07, 6.45) is 3.92. The molecule has 0 bridgehead atoms. The van der Waals surface area contributed by atoms with Gasteiger partial charge in [0.05, 0.1) is 0 Å². The van der Waals surface area contributed by atoms with E-state index in [2.05, 4.69) is 21.8 Å². The van der Waals surface area contributed by atoms with E-state index in [9.17, 15) is 0 Å². The van der Waals surface area contributed by atoms with E-state index in [1.165, 1.54) is 0 Å². The number of aromatic nitrogens is 1. The van der Waals surface area contributed by atoms with Crippen LogP contribution in [0.3, 0.4) is 0 Å². The Balaban J connectivity index is 0.00000200. The second kappa shape index (κ2) is 10.7. The fourth-order valence-corrected chi connectivity index (χ4v) is 2.95. The van der Waals surface area contributed by atoms with E-state index in [1.807, 2.05) is 18.2 Å². The van der Waals surface area contributed by atoms with E-state index in [0.29, 0.717) is 10.3 Å². The predicted octanol–water partition coefficient (Wildman–Crippen LogP) is 4.14. The van der Waals surface area contributed by atoms with Crippen LogP contribution >= 0.6 is 48.0 Å². The zero-order chi connectivity index (χ0) is 13.7. The van der Waals surface area contributed by atoms with Crippen molar-refractivity contribution < 1.29 is 0 Å². The Bertz CT molecular complexity index is 436. The van der Waals surface area contributed by atoms with Crippen molar-refractivity contribution in [1.82, 2.24) is 15.2 Å². The summed E-state index contributed by atoms with van der Waals surface area (Å²) in [6.45, 7) is 7.90. The molecule has 1 aliphatic heterocycles. The highest BCUT2D eigenvalue weighted by Gasteiger charge is 2.23. The molecule has 1 fully saturated rings. The fraction of sp³-hybridized carbons (Fsp3) is 0.500. The highest BCUT2D eigenvalue weighted by Crippen LogP contribution is 2.31. The topological polar surface area (TPSA) is 28.2 Å². The Morgan fingerprint density at radius 3 is 2.52 bits per heavy atom. The summed E-state index contributed by atoms with van der Waals surface area (Å²) in [6, 6.07) is 4.09. The molecular formula is C14H21Cl4N3. The Morgan fingerprint density at radius 1 is 1.29 bits per heavy atom. The molecule has 0 aromatic carbocycles. The summed E-state index contributed by atoms with van der Waals surface area (Å²) >= 11 is 12.1. The summed E-state index contributed by atoms with van der Waals surface area (Å²) in [5.41, 5.74) is 1.06. The van der Waals surface area contributed by atoms with Crippen LogP contribution in [-0.4, -0.2) is 36.1 Å². The SMILES string of the molecule is C=CCC[C@@H](c1ccc(Cl)nc1Cl)N1CCNCC1.Cl.Cl. The van der Waals surface area contributed by atoms with Crippen LogP contribution in [0, 0.1) is 0 Å². The van der Waals surface area contributed by atoms with Crippen molar-refractivity contribution in [3.63, 3.8) is 0 Å². The van der Waals surface area contributed by atoms with Gasteiger partial charge in [0.1, 0.15) is 10.3 Å². The van der Waals surface area contributed by atoms with Gasteiger partial charge in [0.2, 0.25) is 0 Å². The Kier molecular flexibility index (Phi) is 10.6. The lowest BCUT2D eigenvalue weighted by atomic mass is 10.0. The zero-order valence-corrected chi connectivity index (χ0v) is 14.9. The van der Waals surface area contributed by atoms with Crippen LogP contribution in [-0.2, 0) is 0 Å². The number of allylic oxidation sites excluding steroid dienone is 1. The Morgan fingerprint density at radius 2 is 1.95 bits per heavy atom. The summed E-state index contributed by atoms with van der Waals surface area (Å²) in [5, 5.41) is 4.32. The molecule has 0 spiro atoms. The van der Waals surface area contributed by atoms with E-state index < -0.39 is 0 Å². The van der Waals surface area contributed by atoms with Gasteiger partial charge in [0, 0.05) is 37.8 Å². The van der Waals surface area contributed by atoms with Crippen LogP contribution in [0.1, 0.15) is 24.4 Å². The van der Waals surface area contributed by atoms with Crippen molar-refractivity contribution in [3.05, 3.63) is 40.7 Å². The van der Waals surface area contributed by atoms with Gasteiger partial charge in [-0.1, -0.05) is 35.3 Å². The van der Waals surface area contributed by atoms with Crippen molar-refractivity contribution in [2.75, 3.05) is 26.2 Å². The molecule has 2 rings (SSSR count). The quantitative estimate of drug-likeness (QED) is 0.621. The third-order valence-corrected chi connectivity index (χ3v) is 3.95. The Hall–Kier alpha value is -0.0300. The molecule has 1 aromatic rings. The first-order chi connectivity index (χ1) is 9.22. The van der Waals surface area contributed by atoms with E-state index in [4.69, 9.17) is 23.2 Å². The molecule has 0 amide bonds. The molecule has 1 aromatic heterocycles. The number of rotatable bonds is 5. The van der Waals surface area contributed by atoms with Crippen LogP contribution in [0.15, 0.2) is 24.8 Å². The fourth-order valence-electron chi connectivity index (χ4n) is 2.48. The van der Waals surface area contributed by atoms with Crippen molar-refractivity contribution in [3.8, 4) is 0 Å². The average Bonchev–Trinajstić information content (AvgIpc) is 2.42. The standard InChI is InChI=1S/C14H19Cl2N3.2ClH/c1-2-3-4-12(19-9-7-17-8-10-19)11-5-6-13(15)18-14(11)16;;/h2,5-6,12,17H,1,3-4,7-10H2;2*1H/t12-;;/m0../s1. The highest BCUT2D eigenvalue weighted by atomic mass is 35.5. The Labute approximate surface area is 148 Å². The van der Waals surface area contributed by atoms with Crippen LogP contribution in [0.4, 0.5) is 0 Å². The molecule has 3 nitrogen and oxygen atoms in total. The molecule has 1 atom stereocenters. The van der Waals surface area contributed by atoms with Crippen molar-refractivity contribution in [2.24, 2.45) is 0 Å². The van der Waals surface area contributed by atoms with Crippen molar-refractivity contribution in [2.45, 2.75) is 18.9 Å². The van der Waals surface area contributed by atoms with E-state index in [1.54, 1.807) is 0 Å². The number of hydrogen-bond acceptors (Lipinski definition) is 3. The lowest BCUT2D eigenvalue weighted by molar-refractivity contribution is 0.166. The predicted molar refractivity (Wildman–Crippen MR) is 95.4 cm³/mol. The van der Waals surface area contributed by atoms with Gasteiger partial charge in [0.25, 0.3) is 0 Å². The minimum Gasteiger partial charge on any atom is -0.314 e. The molecule has 0 unspecified atom stereocenters. The van der Waals surface area contributed by atoms with E-state index >= 15 is 0 Å². The van der Waals surface area contributed by atoms with Gasteiger partial charge in [-0.15, -0.1) is 31.4 Å². The van der Waals surface area contributed by atoms with E-state index in [0.717, 1.165) is 44.6 Å². The number of pyridine rings is 1. The van der Waals surface area contributed by atoms with Gasteiger partial charge in [-0.25, -0.2) is 4.98 Å².